The number of likely N-dealkylation sites (N-methyl/N-ethyl adjacent to an activating group) is 1. The number of rotatable bonds is 9. The molecule has 0 saturated carbocycles. The number of piperazine rings is 1. The molecule has 0 aliphatic carbocycles. The van der Waals surface area contributed by atoms with Crippen LogP contribution < -0.4 is 10.9 Å². The molecule has 3 aromatic carbocycles. The van der Waals surface area contributed by atoms with Crippen molar-refractivity contribution < 1.29 is 9.90 Å². The molecular formula is C36H39ClN6O3. The van der Waals surface area contributed by atoms with E-state index < -0.39 is 5.60 Å². The smallest absolute Gasteiger partial charge is 0.251 e. The van der Waals surface area contributed by atoms with E-state index in [0.717, 1.165) is 61.2 Å². The first-order chi connectivity index (χ1) is 22.1. The fourth-order valence-corrected chi connectivity index (χ4v) is 6.48. The van der Waals surface area contributed by atoms with E-state index in [2.05, 4.69) is 27.1 Å². The van der Waals surface area contributed by atoms with Crippen LogP contribution in [0.4, 0.5) is 0 Å². The summed E-state index contributed by atoms with van der Waals surface area (Å²) in [6.07, 6.45) is 4.18. The molecule has 1 aliphatic rings. The van der Waals surface area contributed by atoms with Crippen molar-refractivity contribution in [3.05, 3.63) is 123 Å². The number of hydrogen-bond donors (Lipinski definition) is 2. The minimum absolute atomic E-state index is 0.146. The lowest BCUT2D eigenvalue weighted by Crippen LogP contribution is -2.45. The topological polar surface area (TPSA) is 95.6 Å². The van der Waals surface area contributed by atoms with Gasteiger partial charge in [0.1, 0.15) is 0 Å². The van der Waals surface area contributed by atoms with E-state index in [0.29, 0.717) is 34.0 Å². The molecule has 238 valence electrons. The Bertz CT molecular complexity index is 1930. The number of aromatic nitrogens is 3. The quantitative estimate of drug-likeness (QED) is 0.235. The van der Waals surface area contributed by atoms with Crippen LogP contribution in [0, 0.1) is 0 Å². The van der Waals surface area contributed by atoms with Gasteiger partial charge in [0.15, 0.2) is 5.60 Å². The molecule has 2 N–H and O–H groups in total. The third-order valence-electron chi connectivity index (χ3n) is 9.08. The van der Waals surface area contributed by atoms with E-state index in [1.165, 1.54) is 0 Å². The maximum absolute atomic E-state index is 13.0. The van der Waals surface area contributed by atoms with Gasteiger partial charge in [-0.25, -0.2) is 4.98 Å². The van der Waals surface area contributed by atoms with Gasteiger partial charge in [0, 0.05) is 68.9 Å². The second-order valence-corrected chi connectivity index (χ2v) is 12.6. The summed E-state index contributed by atoms with van der Waals surface area (Å²) in [5.41, 5.74) is 2.72. The Morgan fingerprint density at radius 3 is 2.39 bits per heavy atom. The van der Waals surface area contributed by atoms with Gasteiger partial charge in [0.2, 0.25) is 0 Å². The summed E-state index contributed by atoms with van der Waals surface area (Å²) in [5.74, 6) is -0.146. The van der Waals surface area contributed by atoms with Gasteiger partial charge in [-0.1, -0.05) is 41.9 Å². The zero-order valence-electron chi connectivity index (χ0n) is 26.4. The zero-order valence-corrected chi connectivity index (χ0v) is 27.2. The molecule has 5 aromatic rings. The summed E-state index contributed by atoms with van der Waals surface area (Å²) in [4.78, 5) is 35.0. The lowest BCUT2D eigenvalue weighted by atomic mass is 9.82. The maximum Gasteiger partial charge on any atom is 0.251 e. The normalized spacial score (nSPS) is 15.6. The van der Waals surface area contributed by atoms with Gasteiger partial charge in [0.25, 0.3) is 11.5 Å². The molecular weight excluding hydrogens is 600 g/mol. The number of imidazole rings is 1. The fraction of sp³-hybridized carbons (Fsp3) is 0.306. The first kappa shape index (κ1) is 31.7. The first-order valence-electron chi connectivity index (χ1n) is 15.5. The van der Waals surface area contributed by atoms with Gasteiger partial charge in [-0.05, 0) is 78.7 Å². The number of fused-ring (bicyclic) bond motifs is 1. The molecule has 1 atom stereocenters. The lowest BCUT2D eigenvalue weighted by Gasteiger charge is -2.32. The highest BCUT2D eigenvalue weighted by molar-refractivity contribution is 6.30. The number of nitrogens with one attached hydrogen (secondary N) is 1. The molecule has 0 bridgehead atoms. The molecule has 3 heterocycles. The molecule has 2 aromatic heterocycles. The summed E-state index contributed by atoms with van der Waals surface area (Å²) in [5, 5.41) is 17.1. The zero-order chi connectivity index (χ0) is 32.4. The van der Waals surface area contributed by atoms with Crippen LogP contribution in [0.5, 0.6) is 0 Å². The Hall–Kier alpha value is -4.28. The van der Waals surface area contributed by atoms with Crippen molar-refractivity contribution in [2.24, 2.45) is 14.1 Å². The third-order valence-corrected chi connectivity index (χ3v) is 9.32. The van der Waals surface area contributed by atoms with Crippen molar-refractivity contribution in [1.29, 1.82) is 0 Å². The fourth-order valence-electron chi connectivity index (χ4n) is 6.29. The maximum atomic E-state index is 13.0. The number of hydrogen-bond acceptors (Lipinski definition) is 6. The Morgan fingerprint density at radius 2 is 1.70 bits per heavy atom. The molecule has 1 amide bonds. The summed E-state index contributed by atoms with van der Waals surface area (Å²) in [6, 6.07) is 21.6. The van der Waals surface area contributed by atoms with Crippen molar-refractivity contribution in [3.8, 4) is 11.1 Å². The number of amides is 1. The van der Waals surface area contributed by atoms with E-state index in [1.807, 2.05) is 43.4 Å². The first-order valence-corrected chi connectivity index (χ1v) is 15.9. The Kier molecular flexibility index (Phi) is 9.11. The summed E-state index contributed by atoms with van der Waals surface area (Å²) < 4.78 is 3.37. The van der Waals surface area contributed by atoms with E-state index in [9.17, 15) is 14.7 Å². The van der Waals surface area contributed by atoms with Crippen LogP contribution in [0.3, 0.4) is 0 Å². The van der Waals surface area contributed by atoms with Gasteiger partial charge in [-0.3, -0.25) is 9.59 Å². The molecule has 6 rings (SSSR count). The van der Waals surface area contributed by atoms with E-state index >= 15 is 0 Å². The van der Waals surface area contributed by atoms with Gasteiger partial charge in [-0.2, -0.15) is 0 Å². The summed E-state index contributed by atoms with van der Waals surface area (Å²) in [7, 11) is 5.71. The minimum atomic E-state index is -1.61. The predicted molar refractivity (Wildman–Crippen MR) is 182 cm³/mol. The highest BCUT2D eigenvalue weighted by Gasteiger charge is 2.37. The molecule has 46 heavy (non-hydrogen) atoms. The van der Waals surface area contributed by atoms with Crippen molar-refractivity contribution in [2.75, 3.05) is 46.3 Å². The summed E-state index contributed by atoms with van der Waals surface area (Å²) >= 11 is 6.33. The van der Waals surface area contributed by atoms with Gasteiger partial charge in [0.05, 0.1) is 23.7 Å². The van der Waals surface area contributed by atoms with Crippen molar-refractivity contribution in [3.63, 3.8) is 0 Å². The lowest BCUT2D eigenvalue weighted by molar-refractivity contribution is 0.0948. The van der Waals surface area contributed by atoms with Crippen LogP contribution >= 0.6 is 11.6 Å². The standard InChI is InChI=1S/C36H39ClN6O3/c1-40-16-18-43(19-17-40)15-5-14-39-35(45)25-8-10-27(11-9-25)36(46,33-23-38-24-41(33)2)28-12-13-32-31(21-28)30(22-34(44)42(32)3)26-6-4-7-29(37)20-26/h4,6-13,20-24,46H,5,14-19H2,1-3H3,(H,39,45). The number of aliphatic hydroxyl groups is 1. The monoisotopic (exact) mass is 638 g/mol. The van der Waals surface area contributed by atoms with E-state index in [-0.39, 0.29) is 11.5 Å². The molecule has 9 nitrogen and oxygen atoms in total. The van der Waals surface area contributed by atoms with Crippen molar-refractivity contribution in [1.82, 2.24) is 29.2 Å². The average Bonchev–Trinajstić information content (AvgIpc) is 3.51. The minimum Gasteiger partial charge on any atom is -0.374 e. The van der Waals surface area contributed by atoms with Crippen LogP contribution in [-0.2, 0) is 19.7 Å². The van der Waals surface area contributed by atoms with Crippen LogP contribution in [0.15, 0.2) is 90.1 Å². The SMILES string of the molecule is CN1CCN(CCCNC(=O)c2ccc(C(O)(c3ccc4c(c3)c(-c3cccc(Cl)c3)cc(=O)n4C)c3cncn3C)cc2)CC1. The number of aryl methyl sites for hydroxylation is 2. The van der Waals surface area contributed by atoms with Crippen LogP contribution in [0.1, 0.15) is 33.6 Å². The van der Waals surface area contributed by atoms with Gasteiger partial charge >= 0.3 is 0 Å². The van der Waals surface area contributed by atoms with E-state index in [1.54, 1.807) is 65.1 Å². The second kappa shape index (κ2) is 13.2. The molecule has 1 fully saturated rings. The number of halogens is 1. The predicted octanol–water partition coefficient (Wildman–Crippen LogP) is 4.24. The van der Waals surface area contributed by atoms with Gasteiger partial charge < -0.3 is 29.4 Å². The highest BCUT2D eigenvalue weighted by Crippen LogP contribution is 2.39. The molecule has 0 radical (unpaired) electrons. The largest absolute Gasteiger partial charge is 0.374 e. The highest BCUT2D eigenvalue weighted by atomic mass is 35.5. The van der Waals surface area contributed by atoms with Crippen LogP contribution in [-0.4, -0.2) is 81.2 Å². The van der Waals surface area contributed by atoms with Crippen molar-refractivity contribution >= 4 is 28.4 Å². The Labute approximate surface area is 273 Å². The molecule has 1 unspecified atom stereocenters. The Balaban J connectivity index is 1.31. The number of pyridine rings is 1. The third kappa shape index (κ3) is 6.24. The molecule has 10 heteroatoms. The Morgan fingerprint density at radius 1 is 0.957 bits per heavy atom. The second-order valence-electron chi connectivity index (χ2n) is 12.1. The number of carbonyl (C=O) groups excluding carboxylic acids is 1. The number of carbonyl (C=O) groups is 1. The van der Waals surface area contributed by atoms with Crippen LogP contribution in [0.2, 0.25) is 5.02 Å². The number of nitrogens with zero attached hydrogens (tertiary/aromatic N) is 5. The van der Waals surface area contributed by atoms with Crippen LogP contribution in [0.25, 0.3) is 22.0 Å². The number of benzene rings is 3. The molecule has 1 aliphatic heterocycles. The molecule has 1 saturated heterocycles. The van der Waals surface area contributed by atoms with Gasteiger partial charge in [-0.15, -0.1) is 0 Å². The van der Waals surface area contributed by atoms with Crippen molar-refractivity contribution in [2.45, 2.75) is 12.0 Å². The van der Waals surface area contributed by atoms with E-state index in [4.69, 9.17) is 11.6 Å². The average molecular weight is 639 g/mol. The molecule has 0 spiro atoms. The summed E-state index contributed by atoms with van der Waals surface area (Å²) in [6.45, 7) is 5.83.